The summed E-state index contributed by atoms with van der Waals surface area (Å²) in [5.74, 6) is 28.2. The summed E-state index contributed by atoms with van der Waals surface area (Å²) in [5, 5.41) is 0. The van der Waals surface area contributed by atoms with Crippen LogP contribution in [-0.2, 0) is 0 Å². The molecule has 55 heavy (non-hydrogen) atoms. The van der Waals surface area contributed by atoms with Gasteiger partial charge >= 0.3 is 0 Å². The van der Waals surface area contributed by atoms with Crippen LogP contribution in [0.2, 0.25) is 0 Å². The minimum Gasteiger partial charge on any atom is -0.179 e. The first-order valence-electron chi connectivity index (χ1n) is 20.6. The highest BCUT2D eigenvalue weighted by atomic mass is 32.2. The van der Waals surface area contributed by atoms with Crippen LogP contribution in [0.4, 0.5) is 0 Å². The summed E-state index contributed by atoms with van der Waals surface area (Å²) < 4.78 is 0. The van der Waals surface area contributed by atoms with Crippen molar-refractivity contribution in [3.63, 3.8) is 0 Å². The van der Waals surface area contributed by atoms with Crippen LogP contribution < -0.4 is 0 Å². The van der Waals surface area contributed by atoms with Gasteiger partial charge in [-0.15, -0.1) is 19.7 Å². The van der Waals surface area contributed by atoms with E-state index in [0.29, 0.717) is 17.8 Å². The van der Waals surface area contributed by atoms with E-state index in [1.165, 1.54) is 144 Å². The molecule has 0 aromatic carbocycles. The Labute approximate surface area is 399 Å². The van der Waals surface area contributed by atoms with Gasteiger partial charge in [-0.1, -0.05) is 38.0 Å². The highest BCUT2D eigenvalue weighted by molar-refractivity contribution is 8.05. The van der Waals surface area contributed by atoms with Gasteiger partial charge < -0.3 is 0 Å². The first kappa shape index (κ1) is 60.5. The molecule has 1 fully saturated rings. The van der Waals surface area contributed by atoms with Gasteiger partial charge in [0.1, 0.15) is 0 Å². The highest BCUT2D eigenvalue weighted by Crippen LogP contribution is 2.35. The van der Waals surface area contributed by atoms with E-state index >= 15 is 0 Å². The molecule has 0 radical (unpaired) electrons. The van der Waals surface area contributed by atoms with Crippen molar-refractivity contribution in [1.82, 2.24) is 0 Å². The molecular weight excluding hydrogens is 901 g/mol. The van der Waals surface area contributed by atoms with Crippen molar-refractivity contribution in [2.75, 3.05) is 128 Å². The largest absolute Gasteiger partial charge is 0.179 e. The lowest BCUT2D eigenvalue weighted by Gasteiger charge is -2.31. The molecule has 0 N–H and O–H groups in total. The summed E-state index contributed by atoms with van der Waals surface area (Å²) in [7, 11) is 0. The van der Waals surface area contributed by atoms with Crippen LogP contribution in [0.3, 0.4) is 0 Å². The van der Waals surface area contributed by atoms with E-state index in [0.717, 1.165) is 34.8 Å². The van der Waals surface area contributed by atoms with Crippen LogP contribution in [-0.4, -0.2) is 128 Å². The Balaban J connectivity index is 0. The molecule has 1 aliphatic rings. The Morgan fingerprint density at radius 1 is 0.473 bits per heavy atom. The second-order valence-corrected chi connectivity index (χ2v) is 26.0. The van der Waals surface area contributed by atoms with Crippen molar-refractivity contribution >= 4 is 143 Å². The fourth-order valence-corrected chi connectivity index (χ4v) is 15.9. The van der Waals surface area contributed by atoms with Gasteiger partial charge in [-0.2, -0.15) is 143 Å². The van der Waals surface area contributed by atoms with Gasteiger partial charge in [-0.25, -0.2) is 0 Å². The molecule has 0 aliphatic heterocycles. The van der Waals surface area contributed by atoms with Crippen LogP contribution in [0.1, 0.15) is 64.7 Å². The normalized spacial score (nSPS) is 17.7. The lowest BCUT2D eigenvalue weighted by molar-refractivity contribution is 0.288. The van der Waals surface area contributed by atoms with Crippen LogP contribution in [0, 0.1) is 29.6 Å². The molecule has 0 aromatic rings. The molecule has 328 valence electrons. The Kier molecular flexibility index (Phi) is 57.0. The van der Waals surface area contributed by atoms with Crippen molar-refractivity contribution in [3.8, 4) is 0 Å². The molecule has 1 aliphatic carbocycles. The molecule has 0 saturated heterocycles. The first-order chi connectivity index (χ1) is 27.0. The maximum atomic E-state index is 4.05. The van der Waals surface area contributed by atoms with Gasteiger partial charge in [0.25, 0.3) is 0 Å². The molecule has 0 nitrogen and oxygen atoms in total. The standard InChI is InChI=1S/C27H56S9.C12H18.C4H10S3/c1-26(9-12-32-21-24-35-18-15-29-3)7-8-27(10-13-33-22-25-36-19-16-30-4)6-5-11-31-20-23-34-17-14-28-2;1-4-10-7-8-11(5-2)12(6-3)9-10;5-1-3-7-4-2-6/h26-27H,5-25H2,1-4H3;4-6,10-12H,1-3,7-9H2;5-6H,1-4H2. The first-order valence-corrected chi connectivity index (χ1v) is 34.1. The van der Waals surface area contributed by atoms with E-state index < -0.39 is 0 Å². The lowest BCUT2D eigenvalue weighted by atomic mass is 9.74. The molecule has 1 rings (SSSR count). The number of thioether (sulfide) groups is 10. The van der Waals surface area contributed by atoms with Crippen LogP contribution in [0.15, 0.2) is 38.0 Å². The van der Waals surface area contributed by atoms with Crippen molar-refractivity contribution < 1.29 is 0 Å². The van der Waals surface area contributed by atoms with Crippen molar-refractivity contribution in [3.05, 3.63) is 38.0 Å². The number of rotatable bonds is 38. The molecule has 1 saturated carbocycles. The Morgan fingerprint density at radius 2 is 0.909 bits per heavy atom. The smallest absolute Gasteiger partial charge is 0.00238 e. The van der Waals surface area contributed by atoms with E-state index in [9.17, 15) is 0 Å². The van der Waals surface area contributed by atoms with Gasteiger partial charge in [0.15, 0.2) is 0 Å². The second kappa shape index (κ2) is 51.8. The topological polar surface area (TPSA) is 0 Å². The fraction of sp³-hybridized carbons (Fsp3) is 0.860. The SMILES string of the molecule is C=CC1CCC(C=C)C(C=C)C1.CSCCSCCSCCCC(CCSCCSCCSC)CCC(C)CCSCCSCCSC.SCCSCCS. The predicted octanol–water partition coefficient (Wildman–Crippen LogP) is 15.2. The molecule has 0 amide bonds. The molecular formula is C43H84S12. The average molecular weight is 986 g/mol. The van der Waals surface area contributed by atoms with E-state index in [1.807, 2.05) is 47.0 Å². The molecule has 5 atom stereocenters. The van der Waals surface area contributed by atoms with E-state index in [4.69, 9.17) is 0 Å². The molecule has 5 unspecified atom stereocenters. The summed E-state index contributed by atoms with van der Waals surface area (Å²) in [6, 6.07) is 0. The van der Waals surface area contributed by atoms with Crippen LogP contribution in [0.5, 0.6) is 0 Å². The quantitative estimate of drug-likeness (QED) is 0.0347. The summed E-state index contributed by atoms with van der Waals surface area (Å²) in [4.78, 5) is 0. The maximum absolute atomic E-state index is 4.05. The molecule has 0 heterocycles. The zero-order valence-corrected chi connectivity index (χ0v) is 45.5. The zero-order valence-electron chi connectivity index (χ0n) is 35.5. The number of thiol groups is 2. The summed E-state index contributed by atoms with van der Waals surface area (Å²) in [6.07, 6.45) is 25.3. The van der Waals surface area contributed by atoms with Gasteiger partial charge in [0.05, 0.1) is 0 Å². The Hall–Kier alpha value is 3.42. The predicted molar refractivity (Wildman–Crippen MR) is 299 cm³/mol. The minimum atomic E-state index is 0.624. The number of hydrogen-bond acceptors (Lipinski definition) is 12. The monoisotopic (exact) mass is 984 g/mol. The lowest BCUT2D eigenvalue weighted by Crippen LogP contribution is -2.20. The van der Waals surface area contributed by atoms with Gasteiger partial charge in [-0.3, -0.25) is 0 Å². The average Bonchev–Trinajstić information content (AvgIpc) is 3.21. The minimum absolute atomic E-state index is 0.624. The maximum Gasteiger partial charge on any atom is 0.00238 e. The van der Waals surface area contributed by atoms with E-state index in [1.54, 1.807) is 0 Å². The molecule has 12 heteroatoms. The van der Waals surface area contributed by atoms with E-state index in [2.05, 4.69) is 159 Å². The van der Waals surface area contributed by atoms with Gasteiger partial charge in [-0.05, 0) is 122 Å². The Bertz CT molecular complexity index is 770. The molecule has 0 aromatic heterocycles. The van der Waals surface area contributed by atoms with Gasteiger partial charge in [0, 0.05) is 80.5 Å². The summed E-state index contributed by atoms with van der Waals surface area (Å²) in [5.41, 5.74) is 0. The number of allylic oxidation sites excluding steroid dienone is 3. The van der Waals surface area contributed by atoms with Crippen molar-refractivity contribution in [2.24, 2.45) is 29.6 Å². The third-order valence-corrected chi connectivity index (χ3v) is 20.7. The van der Waals surface area contributed by atoms with Crippen molar-refractivity contribution in [1.29, 1.82) is 0 Å². The highest BCUT2D eigenvalue weighted by Gasteiger charge is 2.24. The van der Waals surface area contributed by atoms with E-state index in [-0.39, 0.29) is 0 Å². The third kappa shape index (κ3) is 45.3. The number of hydrogen-bond donors (Lipinski definition) is 2. The van der Waals surface area contributed by atoms with Crippen molar-refractivity contribution in [2.45, 2.75) is 64.7 Å². The fourth-order valence-electron chi connectivity index (χ4n) is 5.77. The van der Waals surface area contributed by atoms with Crippen LogP contribution >= 0.6 is 143 Å². The summed E-state index contributed by atoms with van der Waals surface area (Å²) in [6.45, 7) is 14.1. The molecule has 0 spiro atoms. The second-order valence-electron chi connectivity index (χ2n) is 13.6. The molecule has 0 bridgehead atoms. The zero-order chi connectivity index (χ0) is 40.9. The Morgan fingerprint density at radius 3 is 1.36 bits per heavy atom. The van der Waals surface area contributed by atoms with Crippen LogP contribution in [0.25, 0.3) is 0 Å². The summed E-state index contributed by atoms with van der Waals surface area (Å²) >= 11 is 28.9. The third-order valence-electron chi connectivity index (χ3n) is 9.21. The van der Waals surface area contributed by atoms with Gasteiger partial charge in [0.2, 0.25) is 0 Å².